The summed E-state index contributed by atoms with van der Waals surface area (Å²) in [6, 6.07) is 13.8. The molecule has 0 saturated heterocycles. The second-order valence-electron chi connectivity index (χ2n) is 6.16. The van der Waals surface area contributed by atoms with Gasteiger partial charge in [-0.05, 0) is 30.7 Å². The Morgan fingerprint density at radius 1 is 1.06 bits per heavy atom. The van der Waals surface area contributed by atoms with Crippen LogP contribution in [0.25, 0.3) is 0 Å². The van der Waals surface area contributed by atoms with Crippen LogP contribution in [0.2, 0.25) is 0 Å². The highest BCUT2D eigenvalue weighted by atomic mass is 127. The summed E-state index contributed by atoms with van der Waals surface area (Å²) in [5.41, 5.74) is 1.46. The average molecular weight is 548 g/mol. The number of hydrogen-bond donors (Lipinski definition) is 3. The van der Waals surface area contributed by atoms with Crippen molar-refractivity contribution < 1.29 is 23.0 Å². The summed E-state index contributed by atoms with van der Waals surface area (Å²) in [6.45, 7) is 0.0683. The first-order valence-corrected chi connectivity index (χ1v) is 9.46. The maximum atomic E-state index is 12.5. The molecule has 2 rings (SSSR count). The van der Waals surface area contributed by atoms with Crippen LogP contribution in [0.4, 0.5) is 8.78 Å². The third-order valence-corrected chi connectivity index (χ3v) is 4.01. The number of nitrogens with one attached hydrogen (secondary N) is 3. The standard InChI is InChI=1S/C21H26F2N4O3.HI/c1-3-24-21(26-13-16-6-4-5-7-18(16)30-20(22)23)27-14-19(28)25-12-15-8-10-17(29-2)11-9-15;/h4-11,20H,3,12-14H2,1-2H3,(H,25,28)(H2,24,26,27);1H. The summed E-state index contributed by atoms with van der Waals surface area (Å²) in [6.07, 6.45) is 0. The predicted octanol–water partition coefficient (Wildman–Crippen LogP) is 3.29. The third-order valence-electron chi connectivity index (χ3n) is 4.01. The molecule has 0 saturated carbocycles. The number of carbonyl (C=O) groups excluding carboxylic acids is 1. The van der Waals surface area contributed by atoms with Crippen molar-refractivity contribution in [2.75, 3.05) is 20.2 Å². The van der Waals surface area contributed by atoms with Crippen molar-refractivity contribution in [2.24, 2.45) is 4.99 Å². The molecule has 0 radical (unpaired) electrons. The largest absolute Gasteiger partial charge is 0.497 e. The summed E-state index contributed by atoms with van der Waals surface area (Å²) >= 11 is 0. The first kappa shape index (κ1) is 26.4. The molecule has 0 aromatic heterocycles. The van der Waals surface area contributed by atoms with Gasteiger partial charge in [0.25, 0.3) is 0 Å². The van der Waals surface area contributed by atoms with Gasteiger partial charge in [-0.2, -0.15) is 8.78 Å². The zero-order valence-electron chi connectivity index (χ0n) is 17.4. The molecule has 0 atom stereocenters. The van der Waals surface area contributed by atoms with Crippen molar-refractivity contribution in [1.82, 2.24) is 16.0 Å². The molecule has 170 valence electrons. The van der Waals surface area contributed by atoms with Crippen LogP contribution in [0.5, 0.6) is 11.5 Å². The summed E-state index contributed by atoms with van der Waals surface area (Å²) in [4.78, 5) is 16.5. The quantitative estimate of drug-likeness (QED) is 0.241. The maximum absolute atomic E-state index is 12.5. The molecule has 0 bridgehead atoms. The monoisotopic (exact) mass is 548 g/mol. The summed E-state index contributed by atoms with van der Waals surface area (Å²) in [7, 11) is 1.59. The van der Waals surface area contributed by atoms with Crippen molar-refractivity contribution in [1.29, 1.82) is 0 Å². The Bertz CT molecular complexity index is 836. The Balaban J connectivity index is 0.00000480. The van der Waals surface area contributed by atoms with Gasteiger partial charge < -0.3 is 25.4 Å². The van der Waals surface area contributed by atoms with Crippen molar-refractivity contribution in [3.63, 3.8) is 0 Å². The number of rotatable bonds is 10. The SMILES string of the molecule is CCNC(=NCc1ccccc1OC(F)F)NCC(=O)NCc1ccc(OC)cc1.I. The number of amides is 1. The number of nitrogens with zero attached hydrogens (tertiary/aromatic N) is 1. The molecule has 31 heavy (non-hydrogen) atoms. The molecule has 0 unspecified atom stereocenters. The molecule has 7 nitrogen and oxygen atoms in total. The van der Waals surface area contributed by atoms with Crippen molar-refractivity contribution in [3.8, 4) is 11.5 Å². The molecular formula is C21H27F2IN4O3. The fraction of sp³-hybridized carbons (Fsp3) is 0.333. The highest BCUT2D eigenvalue weighted by Crippen LogP contribution is 2.20. The van der Waals surface area contributed by atoms with E-state index in [0.717, 1.165) is 11.3 Å². The molecule has 2 aromatic carbocycles. The fourth-order valence-electron chi connectivity index (χ4n) is 2.52. The molecule has 10 heteroatoms. The van der Waals surface area contributed by atoms with Crippen molar-refractivity contribution in [3.05, 3.63) is 59.7 Å². The number of halogens is 3. The number of para-hydroxylation sites is 1. The van der Waals surface area contributed by atoms with Gasteiger partial charge in [0.15, 0.2) is 5.96 Å². The van der Waals surface area contributed by atoms with Gasteiger partial charge in [-0.25, -0.2) is 4.99 Å². The van der Waals surface area contributed by atoms with Crippen LogP contribution in [0.1, 0.15) is 18.1 Å². The van der Waals surface area contributed by atoms with E-state index in [1.165, 1.54) is 6.07 Å². The van der Waals surface area contributed by atoms with E-state index in [0.29, 0.717) is 24.6 Å². The summed E-state index contributed by atoms with van der Waals surface area (Å²) in [5, 5.41) is 8.74. The van der Waals surface area contributed by atoms with Crippen LogP contribution in [-0.4, -0.2) is 38.7 Å². The number of benzene rings is 2. The zero-order valence-corrected chi connectivity index (χ0v) is 19.7. The summed E-state index contributed by atoms with van der Waals surface area (Å²) < 4.78 is 34.7. The molecule has 0 aliphatic heterocycles. The Morgan fingerprint density at radius 2 is 1.77 bits per heavy atom. The number of ether oxygens (including phenoxy) is 2. The van der Waals surface area contributed by atoms with E-state index in [9.17, 15) is 13.6 Å². The topological polar surface area (TPSA) is 84.0 Å². The highest BCUT2D eigenvalue weighted by molar-refractivity contribution is 14.0. The number of alkyl halides is 2. The number of hydrogen-bond acceptors (Lipinski definition) is 4. The average Bonchev–Trinajstić information content (AvgIpc) is 2.75. The molecule has 0 spiro atoms. The first-order chi connectivity index (χ1) is 14.5. The number of aliphatic imine (C=N–C) groups is 1. The van der Waals surface area contributed by atoms with E-state index in [2.05, 4.69) is 25.7 Å². The lowest BCUT2D eigenvalue weighted by atomic mass is 10.2. The Kier molecular flexibility index (Phi) is 12.3. The van der Waals surface area contributed by atoms with Crippen molar-refractivity contribution in [2.45, 2.75) is 26.6 Å². The lowest BCUT2D eigenvalue weighted by molar-refractivity contribution is -0.120. The van der Waals surface area contributed by atoms with Crippen LogP contribution in [0.3, 0.4) is 0 Å². The lowest BCUT2D eigenvalue weighted by Crippen LogP contribution is -2.43. The molecule has 2 aromatic rings. The van der Waals surface area contributed by atoms with Crippen LogP contribution >= 0.6 is 24.0 Å². The van der Waals surface area contributed by atoms with E-state index in [4.69, 9.17) is 4.74 Å². The van der Waals surface area contributed by atoms with E-state index in [1.54, 1.807) is 25.3 Å². The second-order valence-corrected chi connectivity index (χ2v) is 6.16. The minimum atomic E-state index is -2.91. The van der Waals surface area contributed by atoms with Gasteiger partial charge in [0, 0.05) is 18.7 Å². The zero-order chi connectivity index (χ0) is 21.8. The van der Waals surface area contributed by atoms with Crippen LogP contribution in [-0.2, 0) is 17.9 Å². The molecule has 0 aliphatic rings. The Hall–Kier alpha value is -2.63. The number of guanidine groups is 1. The van der Waals surface area contributed by atoms with Gasteiger partial charge in [0.1, 0.15) is 11.5 Å². The van der Waals surface area contributed by atoms with Crippen molar-refractivity contribution >= 4 is 35.8 Å². The molecule has 0 heterocycles. The van der Waals surface area contributed by atoms with Gasteiger partial charge >= 0.3 is 6.61 Å². The molecule has 0 fully saturated rings. The normalized spacial score (nSPS) is 10.8. The summed E-state index contributed by atoms with van der Waals surface area (Å²) in [5.74, 6) is 1.00. The molecule has 0 aliphatic carbocycles. The second kappa shape index (κ2) is 14.4. The molecule has 1 amide bonds. The van der Waals surface area contributed by atoms with E-state index >= 15 is 0 Å². The lowest BCUT2D eigenvalue weighted by Gasteiger charge is -2.13. The number of carbonyl (C=O) groups is 1. The predicted molar refractivity (Wildman–Crippen MR) is 126 cm³/mol. The van der Waals surface area contributed by atoms with E-state index in [1.807, 2.05) is 31.2 Å². The van der Waals surface area contributed by atoms with E-state index in [-0.39, 0.29) is 48.7 Å². The fourth-order valence-corrected chi connectivity index (χ4v) is 2.52. The van der Waals surface area contributed by atoms with Gasteiger partial charge in [-0.15, -0.1) is 24.0 Å². The number of methoxy groups -OCH3 is 1. The van der Waals surface area contributed by atoms with E-state index < -0.39 is 6.61 Å². The highest BCUT2D eigenvalue weighted by Gasteiger charge is 2.09. The minimum absolute atomic E-state index is 0. The first-order valence-electron chi connectivity index (χ1n) is 9.46. The van der Waals surface area contributed by atoms with Gasteiger partial charge in [-0.3, -0.25) is 4.79 Å². The Labute approximate surface area is 197 Å². The minimum Gasteiger partial charge on any atom is -0.497 e. The van der Waals surface area contributed by atoms with Gasteiger partial charge in [0.05, 0.1) is 20.2 Å². The van der Waals surface area contributed by atoms with Crippen LogP contribution < -0.4 is 25.4 Å². The molecule has 3 N–H and O–H groups in total. The van der Waals surface area contributed by atoms with Gasteiger partial charge in [0.2, 0.25) is 5.91 Å². The smallest absolute Gasteiger partial charge is 0.387 e. The maximum Gasteiger partial charge on any atom is 0.387 e. The van der Waals surface area contributed by atoms with Crippen LogP contribution in [0, 0.1) is 0 Å². The van der Waals surface area contributed by atoms with Gasteiger partial charge in [-0.1, -0.05) is 30.3 Å². The third kappa shape index (κ3) is 9.81. The Morgan fingerprint density at radius 3 is 2.42 bits per heavy atom. The molecular weight excluding hydrogens is 521 g/mol. The van der Waals surface area contributed by atoms with Crippen LogP contribution in [0.15, 0.2) is 53.5 Å².